The van der Waals surface area contributed by atoms with Gasteiger partial charge in [0, 0.05) is 6.54 Å². The Labute approximate surface area is 104 Å². The highest BCUT2D eigenvalue weighted by atomic mass is 19.3. The maximum absolute atomic E-state index is 11.6. The molecule has 0 saturated heterocycles. The van der Waals surface area contributed by atoms with E-state index in [0.29, 0.717) is 6.42 Å². The second-order valence-corrected chi connectivity index (χ2v) is 3.47. The Kier molecular flexibility index (Phi) is 6.71. The Morgan fingerprint density at radius 2 is 2.00 bits per heavy atom. The lowest BCUT2D eigenvalue weighted by Crippen LogP contribution is -2.26. The van der Waals surface area contributed by atoms with E-state index in [2.05, 4.69) is 10.1 Å². The van der Waals surface area contributed by atoms with E-state index in [1.54, 1.807) is 0 Å². The minimum absolute atomic E-state index is 0.101. The average Bonchev–Trinajstić information content (AvgIpc) is 2.37. The molecule has 0 bridgehead atoms. The summed E-state index contributed by atoms with van der Waals surface area (Å²) in [4.78, 5) is 11.2. The van der Waals surface area contributed by atoms with E-state index < -0.39 is 12.7 Å². The third-order valence-electron chi connectivity index (χ3n) is 2.05. The Morgan fingerprint density at radius 3 is 2.67 bits per heavy atom. The van der Waals surface area contributed by atoms with Gasteiger partial charge in [-0.3, -0.25) is 0 Å². The van der Waals surface area contributed by atoms with E-state index in [4.69, 9.17) is 4.74 Å². The van der Waals surface area contributed by atoms with Gasteiger partial charge in [-0.1, -0.05) is 30.3 Å². The molecule has 1 aromatic carbocycles. The number of hydrogen-bond donors (Lipinski definition) is 1. The largest absolute Gasteiger partial charge is 0.445 e. The molecule has 0 aliphatic rings. The molecule has 0 saturated carbocycles. The number of carbonyl (C=O) groups is 1. The van der Waals surface area contributed by atoms with E-state index in [9.17, 15) is 13.6 Å². The van der Waals surface area contributed by atoms with Crippen molar-refractivity contribution in [2.24, 2.45) is 0 Å². The number of amides is 1. The number of halogens is 2. The summed E-state index contributed by atoms with van der Waals surface area (Å²) < 4.78 is 32.1. The van der Waals surface area contributed by atoms with Crippen LogP contribution in [0.25, 0.3) is 0 Å². The number of nitrogens with one attached hydrogen (secondary N) is 1. The fourth-order valence-corrected chi connectivity index (χ4v) is 1.21. The maximum Gasteiger partial charge on any atom is 0.407 e. The third-order valence-corrected chi connectivity index (χ3v) is 2.05. The zero-order chi connectivity index (χ0) is 13.2. The van der Waals surface area contributed by atoms with E-state index in [-0.39, 0.29) is 19.8 Å². The van der Waals surface area contributed by atoms with Gasteiger partial charge < -0.3 is 14.8 Å². The predicted molar refractivity (Wildman–Crippen MR) is 61.2 cm³/mol. The molecule has 1 amide bonds. The van der Waals surface area contributed by atoms with Crippen molar-refractivity contribution in [1.82, 2.24) is 5.32 Å². The molecule has 1 aromatic rings. The first kappa shape index (κ1) is 14.4. The highest BCUT2D eigenvalue weighted by molar-refractivity contribution is 5.67. The molecule has 1 N–H and O–H groups in total. The summed E-state index contributed by atoms with van der Waals surface area (Å²) in [5, 5.41) is 2.44. The molecule has 0 aliphatic heterocycles. The normalized spacial score (nSPS) is 10.4. The minimum Gasteiger partial charge on any atom is -0.445 e. The summed E-state index contributed by atoms with van der Waals surface area (Å²) in [6.07, 6.45) is -0.263. The predicted octanol–water partition coefficient (Wildman–Crippen LogP) is 2.54. The van der Waals surface area contributed by atoms with Gasteiger partial charge in [-0.25, -0.2) is 4.79 Å². The molecule has 0 unspecified atom stereocenters. The fraction of sp³-hybridized carbons (Fsp3) is 0.417. The number of carbonyl (C=O) groups excluding carboxylic acids is 1. The number of hydrogen-bond acceptors (Lipinski definition) is 3. The van der Waals surface area contributed by atoms with Crippen molar-refractivity contribution in [1.29, 1.82) is 0 Å². The summed E-state index contributed by atoms with van der Waals surface area (Å²) >= 11 is 0. The smallest absolute Gasteiger partial charge is 0.407 e. The van der Waals surface area contributed by atoms with Crippen LogP contribution in [0.2, 0.25) is 0 Å². The van der Waals surface area contributed by atoms with Crippen molar-refractivity contribution in [3.8, 4) is 0 Å². The highest BCUT2D eigenvalue weighted by Crippen LogP contribution is 2.00. The molecule has 0 fully saturated rings. The summed E-state index contributed by atoms with van der Waals surface area (Å²) in [5.74, 6) is 0. The van der Waals surface area contributed by atoms with Crippen LogP contribution in [0.5, 0.6) is 0 Å². The van der Waals surface area contributed by atoms with Crippen molar-refractivity contribution in [3.05, 3.63) is 35.9 Å². The van der Waals surface area contributed by atoms with Gasteiger partial charge in [0.25, 0.3) is 0 Å². The summed E-state index contributed by atoms with van der Waals surface area (Å²) in [6, 6.07) is 9.23. The second-order valence-electron chi connectivity index (χ2n) is 3.47. The molecule has 0 aromatic heterocycles. The van der Waals surface area contributed by atoms with Gasteiger partial charge in [-0.15, -0.1) is 0 Å². The number of alkyl halides is 2. The van der Waals surface area contributed by atoms with Gasteiger partial charge in [0.2, 0.25) is 0 Å². The van der Waals surface area contributed by atoms with E-state index >= 15 is 0 Å². The molecule has 4 nitrogen and oxygen atoms in total. The van der Waals surface area contributed by atoms with Crippen LogP contribution >= 0.6 is 0 Å². The van der Waals surface area contributed by atoms with Crippen LogP contribution in [0.3, 0.4) is 0 Å². The molecular weight excluding hydrogens is 244 g/mol. The van der Waals surface area contributed by atoms with E-state index in [1.165, 1.54) is 0 Å². The van der Waals surface area contributed by atoms with Crippen LogP contribution in [0.4, 0.5) is 13.6 Å². The fourth-order valence-electron chi connectivity index (χ4n) is 1.21. The van der Waals surface area contributed by atoms with Crippen LogP contribution in [0.15, 0.2) is 30.3 Å². The first-order chi connectivity index (χ1) is 8.68. The van der Waals surface area contributed by atoms with Crippen molar-refractivity contribution < 1.29 is 23.0 Å². The molecule has 1 rings (SSSR count). The first-order valence-corrected chi connectivity index (χ1v) is 5.53. The van der Waals surface area contributed by atoms with Gasteiger partial charge in [-0.2, -0.15) is 8.78 Å². The maximum atomic E-state index is 11.6. The van der Waals surface area contributed by atoms with Gasteiger partial charge in [0.15, 0.2) is 0 Å². The average molecular weight is 259 g/mol. The molecule has 0 radical (unpaired) electrons. The van der Waals surface area contributed by atoms with Gasteiger partial charge in [-0.05, 0) is 12.0 Å². The number of benzene rings is 1. The lowest BCUT2D eigenvalue weighted by Gasteiger charge is -2.07. The summed E-state index contributed by atoms with van der Waals surface area (Å²) in [7, 11) is 0. The standard InChI is InChI=1S/C12H15F2NO3/c13-11(14)17-8-4-7-15-12(16)18-9-10-5-2-1-3-6-10/h1-3,5-6,11H,4,7-9H2,(H,15,16). The Balaban J connectivity index is 2.04. The van der Waals surface area contributed by atoms with Crippen molar-refractivity contribution in [2.45, 2.75) is 19.6 Å². The highest BCUT2D eigenvalue weighted by Gasteiger charge is 2.03. The number of ether oxygens (including phenoxy) is 2. The zero-order valence-corrected chi connectivity index (χ0v) is 9.77. The van der Waals surface area contributed by atoms with E-state index in [1.807, 2.05) is 30.3 Å². The quantitative estimate of drug-likeness (QED) is 0.765. The second kappa shape index (κ2) is 8.41. The topological polar surface area (TPSA) is 47.6 Å². The van der Waals surface area contributed by atoms with Gasteiger partial charge in [0.1, 0.15) is 6.61 Å². The van der Waals surface area contributed by atoms with Crippen LogP contribution < -0.4 is 5.32 Å². The molecule has 0 spiro atoms. The summed E-state index contributed by atoms with van der Waals surface area (Å²) in [5.41, 5.74) is 0.883. The monoisotopic (exact) mass is 259 g/mol. The molecule has 100 valence electrons. The Bertz CT molecular complexity index is 346. The molecule has 0 atom stereocenters. The van der Waals surface area contributed by atoms with Gasteiger partial charge >= 0.3 is 12.7 Å². The number of alkyl carbamates (subject to hydrolysis) is 1. The van der Waals surface area contributed by atoms with Crippen LogP contribution in [-0.4, -0.2) is 25.9 Å². The lowest BCUT2D eigenvalue weighted by molar-refractivity contribution is -0.128. The number of rotatable bonds is 7. The minimum atomic E-state index is -2.77. The zero-order valence-electron chi connectivity index (χ0n) is 9.77. The molecule has 0 heterocycles. The Hall–Kier alpha value is -1.69. The molecule has 18 heavy (non-hydrogen) atoms. The third kappa shape index (κ3) is 6.80. The lowest BCUT2D eigenvalue weighted by atomic mass is 10.2. The molecule has 6 heteroatoms. The van der Waals surface area contributed by atoms with Crippen LogP contribution in [-0.2, 0) is 16.1 Å². The van der Waals surface area contributed by atoms with Crippen molar-refractivity contribution >= 4 is 6.09 Å². The van der Waals surface area contributed by atoms with Crippen molar-refractivity contribution in [3.63, 3.8) is 0 Å². The summed E-state index contributed by atoms with van der Waals surface area (Å²) in [6.45, 7) is -2.45. The van der Waals surface area contributed by atoms with Crippen LogP contribution in [0.1, 0.15) is 12.0 Å². The first-order valence-electron chi connectivity index (χ1n) is 5.53. The van der Waals surface area contributed by atoms with Gasteiger partial charge in [0.05, 0.1) is 6.61 Å². The Morgan fingerprint density at radius 1 is 1.28 bits per heavy atom. The molecular formula is C12H15F2NO3. The molecule has 0 aliphatic carbocycles. The SMILES string of the molecule is O=C(NCCCOC(F)F)OCc1ccccc1. The van der Waals surface area contributed by atoms with Crippen molar-refractivity contribution in [2.75, 3.05) is 13.2 Å². The van der Waals surface area contributed by atoms with E-state index in [0.717, 1.165) is 5.56 Å². The van der Waals surface area contributed by atoms with Crippen LogP contribution in [0, 0.1) is 0 Å².